The molecule has 0 unspecified atom stereocenters. The number of phenols is 1. The topological polar surface area (TPSA) is 36.4 Å². The van der Waals surface area contributed by atoms with E-state index in [9.17, 15) is 5.11 Å². The molecular formula is C23H22N2O. The summed E-state index contributed by atoms with van der Waals surface area (Å²) in [7, 11) is 0. The van der Waals surface area contributed by atoms with E-state index in [0.717, 1.165) is 42.7 Å². The average Bonchev–Trinajstić information content (AvgIpc) is 2.71. The van der Waals surface area contributed by atoms with Gasteiger partial charge in [-0.25, -0.2) is 0 Å². The number of hydrogen-bond acceptors (Lipinski definition) is 3. The van der Waals surface area contributed by atoms with Crippen LogP contribution in [0.1, 0.15) is 17.5 Å². The van der Waals surface area contributed by atoms with Gasteiger partial charge in [-0.1, -0.05) is 48.5 Å². The lowest BCUT2D eigenvalue weighted by Gasteiger charge is -2.27. The van der Waals surface area contributed by atoms with Crippen molar-refractivity contribution in [3.05, 3.63) is 90.3 Å². The zero-order valence-electron chi connectivity index (χ0n) is 14.7. The molecule has 4 rings (SSSR count). The first-order chi connectivity index (χ1) is 12.8. The summed E-state index contributed by atoms with van der Waals surface area (Å²) in [5.74, 6) is 0.357. The Morgan fingerprint density at radius 3 is 2.50 bits per heavy atom. The molecule has 2 heterocycles. The summed E-state index contributed by atoms with van der Waals surface area (Å²) >= 11 is 0. The average molecular weight is 342 g/mol. The summed E-state index contributed by atoms with van der Waals surface area (Å²) in [6.07, 6.45) is 6.97. The Morgan fingerprint density at radius 2 is 1.77 bits per heavy atom. The van der Waals surface area contributed by atoms with Gasteiger partial charge in [-0.3, -0.25) is 9.88 Å². The van der Waals surface area contributed by atoms with Crippen molar-refractivity contribution >= 4 is 5.57 Å². The molecule has 0 spiro atoms. The molecule has 3 nitrogen and oxygen atoms in total. The van der Waals surface area contributed by atoms with Crippen LogP contribution >= 0.6 is 0 Å². The Kier molecular flexibility index (Phi) is 4.80. The van der Waals surface area contributed by atoms with Gasteiger partial charge in [0.1, 0.15) is 5.75 Å². The number of aromatic nitrogens is 1. The van der Waals surface area contributed by atoms with E-state index in [4.69, 9.17) is 0 Å². The van der Waals surface area contributed by atoms with Gasteiger partial charge in [0.05, 0.1) is 0 Å². The fraction of sp³-hybridized carbons (Fsp3) is 0.174. The molecule has 0 bridgehead atoms. The minimum absolute atomic E-state index is 0.357. The molecule has 26 heavy (non-hydrogen) atoms. The zero-order chi connectivity index (χ0) is 17.8. The SMILES string of the molecule is Oc1ccc(-c2cccnc2)cc1CN1CC=C(c2ccccc2)CC1. The minimum Gasteiger partial charge on any atom is -0.508 e. The first-order valence-electron chi connectivity index (χ1n) is 8.99. The molecule has 0 saturated heterocycles. The molecule has 0 radical (unpaired) electrons. The third-order valence-corrected chi connectivity index (χ3v) is 4.91. The molecule has 2 aromatic carbocycles. The van der Waals surface area contributed by atoms with Crippen molar-refractivity contribution in [2.24, 2.45) is 0 Å². The van der Waals surface area contributed by atoms with E-state index in [2.05, 4.69) is 52.4 Å². The first-order valence-corrected chi connectivity index (χ1v) is 8.99. The van der Waals surface area contributed by atoms with E-state index < -0.39 is 0 Å². The normalized spacial score (nSPS) is 14.8. The molecule has 0 aliphatic carbocycles. The van der Waals surface area contributed by atoms with Crippen molar-refractivity contribution in [1.29, 1.82) is 0 Å². The van der Waals surface area contributed by atoms with Crippen molar-refractivity contribution in [2.45, 2.75) is 13.0 Å². The van der Waals surface area contributed by atoms with Crippen LogP contribution in [0.4, 0.5) is 0 Å². The largest absolute Gasteiger partial charge is 0.508 e. The van der Waals surface area contributed by atoms with Gasteiger partial charge in [0.25, 0.3) is 0 Å². The Labute approximate surface area is 154 Å². The standard InChI is InChI=1S/C23H22N2O/c26-23-9-8-20(21-7-4-12-24-16-21)15-22(23)17-25-13-10-19(11-14-25)18-5-2-1-3-6-18/h1-10,12,15-16,26H,11,13-14,17H2. The second-order valence-electron chi connectivity index (χ2n) is 6.67. The molecule has 1 N–H and O–H groups in total. The highest BCUT2D eigenvalue weighted by molar-refractivity contribution is 5.67. The van der Waals surface area contributed by atoms with Gasteiger partial charge >= 0.3 is 0 Å². The third kappa shape index (κ3) is 3.68. The van der Waals surface area contributed by atoms with Gasteiger partial charge in [0, 0.05) is 43.2 Å². The molecule has 1 aliphatic heterocycles. The van der Waals surface area contributed by atoms with Crippen LogP contribution in [-0.4, -0.2) is 28.1 Å². The number of aromatic hydroxyl groups is 1. The second kappa shape index (κ2) is 7.54. The van der Waals surface area contributed by atoms with Crippen molar-refractivity contribution in [3.8, 4) is 16.9 Å². The highest BCUT2D eigenvalue weighted by Crippen LogP contribution is 2.28. The van der Waals surface area contributed by atoms with E-state index in [0.29, 0.717) is 5.75 Å². The Hall–Kier alpha value is -2.91. The number of nitrogens with zero attached hydrogens (tertiary/aromatic N) is 2. The fourth-order valence-corrected chi connectivity index (χ4v) is 3.44. The van der Waals surface area contributed by atoms with Crippen LogP contribution in [-0.2, 0) is 6.54 Å². The molecule has 1 aliphatic rings. The predicted molar refractivity (Wildman–Crippen MR) is 106 cm³/mol. The summed E-state index contributed by atoms with van der Waals surface area (Å²) in [4.78, 5) is 6.55. The Balaban J connectivity index is 1.49. The second-order valence-corrected chi connectivity index (χ2v) is 6.67. The lowest BCUT2D eigenvalue weighted by molar-refractivity contribution is 0.289. The quantitative estimate of drug-likeness (QED) is 0.744. The van der Waals surface area contributed by atoms with Crippen LogP contribution in [0.2, 0.25) is 0 Å². The maximum absolute atomic E-state index is 10.3. The number of benzene rings is 2. The maximum atomic E-state index is 10.3. The summed E-state index contributed by atoms with van der Waals surface area (Å²) in [6, 6.07) is 20.3. The van der Waals surface area contributed by atoms with E-state index >= 15 is 0 Å². The van der Waals surface area contributed by atoms with E-state index in [1.165, 1.54) is 11.1 Å². The van der Waals surface area contributed by atoms with Crippen LogP contribution in [0.5, 0.6) is 5.75 Å². The summed E-state index contributed by atoms with van der Waals surface area (Å²) in [5.41, 5.74) is 5.84. The number of hydrogen-bond donors (Lipinski definition) is 1. The van der Waals surface area contributed by atoms with Crippen LogP contribution in [0.25, 0.3) is 16.7 Å². The number of rotatable bonds is 4. The van der Waals surface area contributed by atoms with E-state index in [-0.39, 0.29) is 0 Å². The van der Waals surface area contributed by atoms with Crippen molar-refractivity contribution in [3.63, 3.8) is 0 Å². The lowest BCUT2D eigenvalue weighted by atomic mass is 9.99. The van der Waals surface area contributed by atoms with Crippen molar-refractivity contribution < 1.29 is 5.11 Å². The van der Waals surface area contributed by atoms with E-state index in [1.54, 1.807) is 12.3 Å². The Morgan fingerprint density at radius 1 is 0.923 bits per heavy atom. The lowest BCUT2D eigenvalue weighted by Crippen LogP contribution is -2.28. The predicted octanol–water partition coefficient (Wildman–Crippen LogP) is 4.74. The molecule has 0 amide bonds. The van der Waals surface area contributed by atoms with Gasteiger partial charge in [-0.05, 0) is 41.3 Å². The summed E-state index contributed by atoms with van der Waals surface area (Å²) in [6.45, 7) is 2.65. The van der Waals surface area contributed by atoms with Gasteiger partial charge in [0.2, 0.25) is 0 Å². The van der Waals surface area contributed by atoms with Crippen LogP contribution in [0.15, 0.2) is 79.1 Å². The highest BCUT2D eigenvalue weighted by atomic mass is 16.3. The molecular weight excluding hydrogens is 320 g/mol. The molecule has 3 aromatic rings. The maximum Gasteiger partial charge on any atom is 0.120 e. The summed E-state index contributed by atoms with van der Waals surface area (Å²) in [5, 5.41) is 10.3. The molecule has 0 saturated carbocycles. The van der Waals surface area contributed by atoms with Gasteiger partial charge in [-0.15, -0.1) is 0 Å². The number of pyridine rings is 1. The van der Waals surface area contributed by atoms with E-state index in [1.807, 2.05) is 24.4 Å². The molecule has 3 heteroatoms. The van der Waals surface area contributed by atoms with Crippen molar-refractivity contribution in [2.75, 3.05) is 13.1 Å². The molecule has 130 valence electrons. The van der Waals surface area contributed by atoms with Crippen LogP contribution < -0.4 is 0 Å². The highest BCUT2D eigenvalue weighted by Gasteiger charge is 2.15. The molecule has 0 fully saturated rings. The van der Waals surface area contributed by atoms with Gasteiger partial charge < -0.3 is 5.11 Å². The first kappa shape index (κ1) is 16.6. The zero-order valence-corrected chi connectivity index (χ0v) is 14.7. The molecule has 0 atom stereocenters. The smallest absolute Gasteiger partial charge is 0.120 e. The van der Waals surface area contributed by atoms with Gasteiger partial charge in [-0.2, -0.15) is 0 Å². The third-order valence-electron chi connectivity index (χ3n) is 4.91. The Bertz CT molecular complexity index is 904. The van der Waals surface area contributed by atoms with Crippen molar-refractivity contribution in [1.82, 2.24) is 9.88 Å². The number of phenolic OH excluding ortho intramolecular Hbond substituents is 1. The van der Waals surface area contributed by atoms with Crippen LogP contribution in [0.3, 0.4) is 0 Å². The monoisotopic (exact) mass is 342 g/mol. The molecule has 1 aromatic heterocycles. The van der Waals surface area contributed by atoms with Gasteiger partial charge in [0.15, 0.2) is 0 Å². The minimum atomic E-state index is 0.357. The summed E-state index contributed by atoms with van der Waals surface area (Å²) < 4.78 is 0. The van der Waals surface area contributed by atoms with Crippen LogP contribution in [0, 0.1) is 0 Å². The fourth-order valence-electron chi connectivity index (χ4n) is 3.44.